The molecule has 1 aliphatic carbocycles. The third-order valence-electron chi connectivity index (χ3n) is 4.64. The van der Waals surface area contributed by atoms with E-state index >= 15 is 0 Å². The van der Waals surface area contributed by atoms with Crippen LogP contribution in [0.1, 0.15) is 57.6 Å². The Morgan fingerprint density at radius 1 is 1.13 bits per heavy atom. The van der Waals surface area contributed by atoms with Crippen molar-refractivity contribution in [2.24, 2.45) is 0 Å². The van der Waals surface area contributed by atoms with Crippen molar-refractivity contribution in [2.45, 2.75) is 65.3 Å². The highest BCUT2D eigenvalue weighted by Gasteiger charge is 2.23. The number of para-hydroxylation sites is 1. The number of amides is 2. The van der Waals surface area contributed by atoms with Crippen molar-refractivity contribution in [1.29, 1.82) is 0 Å². The van der Waals surface area contributed by atoms with Gasteiger partial charge >= 0.3 is 0 Å². The summed E-state index contributed by atoms with van der Waals surface area (Å²) in [5, 5.41) is 3.08. The van der Waals surface area contributed by atoms with E-state index in [1.54, 1.807) is 4.90 Å². The largest absolute Gasteiger partial charge is 0.352 e. The summed E-state index contributed by atoms with van der Waals surface area (Å²) in [6.07, 6.45) is 6.16. The van der Waals surface area contributed by atoms with Crippen LogP contribution >= 0.6 is 0 Å². The average molecular weight is 316 g/mol. The molecular weight excluding hydrogens is 288 g/mol. The smallest absolute Gasteiger partial charge is 0.240 e. The molecule has 126 valence electrons. The Kier molecular flexibility index (Phi) is 6.20. The highest BCUT2D eigenvalue weighted by Crippen LogP contribution is 2.27. The molecule has 1 N–H and O–H groups in total. The van der Waals surface area contributed by atoms with Gasteiger partial charge in [-0.25, -0.2) is 0 Å². The summed E-state index contributed by atoms with van der Waals surface area (Å²) in [6, 6.07) is 6.39. The maximum absolute atomic E-state index is 12.4. The first-order valence-electron chi connectivity index (χ1n) is 8.75. The molecule has 1 saturated carbocycles. The highest BCUT2D eigenvalue weighted by atomic mass is 16.2. The number of aryl methyl sites for hydroxylation is 2. The van der Waals surface area contributed by atoms with E-state index in [0.717, 1.165) is 42.5 Å². The number of carbonyl (C=O) groups excluding carboxylic acids is 2. The van der Waals surface area contributed by atoms with Crippen LogP contribution in [0.5, 0.6) is 0 Å². The van der Waals surface area contributed by atoms with Crippen LogP contribution in [0.2, 0.25) is 0 Å². The van der Waals surface area contributed by atoms with Gasteiger partial charge in [0.05, 0.1) is 5.69 Å². The molecule has 0 atom stereocenters. The SMILES string of the molecule is CCc1cccc(CC)c1N(CC(=O)NC1CCCC1)C(C)=O. The van der Waals surface area contributed by atoms with Gasteiger partial charge in [-0.2, -0.15) is 0 Å². The third kappa shape index (κ3) is 4.34. The Hall–Kier alpha value is -1.84. The Bertz CT molecular complexity index is 540. The Morgan fingerprint density at radius 2 is 1.70 bits per heavy atom. The number of hydrogen-bond acceptors (Lipinski definition) is 2. The molecule has 2 amide bonds. The van der Waals surface area contributed by atoms with E-state index in [1.807, 2.05) is 18.2 Å². The Morgan fingerprint density at radius 3 is 2.17 bits per heavy atom. The lowest BCUT2D eigenvalue weighted by molar-refractivity contribution is -0.123. The van der Waals surface area contributed by atoms with Gasteiger partial charge in [-0.3, -0.25) is 9.59 Å². The molecule has 4 heteroatoms. The van der Waals surface area contributed by atoms with Gasteiger partial charge in [-0.1, -0.05) is 44.9 Å². The fourth-order valence-corrected chi connectivity index (χ4v) is 3.40. The second-order valence-corrected chi connectivity index (χ2v) is 6.29. The summed E-state index contributed by atoms with van der Waals surface area (Å²) < 4.78 is 0. The predicted molar refractivity (Wildman–Crippen MR) is 93.6 cm³/mol. The molecule has 0 spiro atoms. The van der Waals surface area contributed by atoms with Crippen LogP contribution in [0.3, 0.4) is 0 Å². The summed E-state index contributed by atoms with van der Waals surface area (Å²) in [7, 11) is 0. The van der Waals surface area contributed by atoms with Crippen molar-refractivity contribution in [3.05, 3.63) is 29.3 Å². The summed E-state index contributed by atoms with van der Waals surface area (Å²) in [4.78, 5) is 26.2. The van der Waals surface area contributed by atoms with E-state index in [2.05, 4.69) is 19.2 Å². The first kappa shape index (κ1) is 17.5. The van der Waals surface area contributed by atoms with E-state index in [4.69, 9.17) is 0 Å². The van der Waals surface area contributed by atoms with Crippen molar-refractivity contribution in [3.63, 3.8) is 0 Å². The van der Waals surface area contributed by atoms with E-state index in [0.29, 0.717) is 0 Å². The number of rotatable bonds is 6. The summed E-state index contributed by atoms with van der Waals surface area (Å²) in [6.45, 7) is 5.80. The lowest BCUT2D eigenvalue weighted by atomic mass is 10.0. The van der Waals surface area contributed by atoms with E-state index < -0.39 is 0 Å². The molecule has 0 radical (unpaired) electrons. The Balaban J connectivity index is 2.21. The maximum Gasteiger partial charge on any atom is 0.240 e. The quantitative estimate of drug-likeness (QED) is 0.876. The summed E-state index contributed by atoms with van der Waals surface area (Å²) in [5.74, 6) is -0.137. The van der Waals surface area contributed by atoms with Gasteiger partial charge in [0.15, 0.2) is 0 Å². The molecule has 0 saturated heterocycles. The zero-order chi connectivity index (χ0) is 16.8. The van der Waals surface area contributed by atoms with Crippen molar-refractivity contribution in [1.82, 2.24) is 5.32 Å². The molecule has 1 aliphatic rings. The number of benzene rings is 1. The zero-order valence-electron chi connectivity index (χ0n) is 14.5. The summed E-state index contributed by atoms with van der Waals surface area (Å²) in [5.41, 5.74) is 3.16. The number of hydrogen-bond donors (Lipinski definition) is 1. The van der Waals surface area contributed by atoms with Gasteiger partial charge in [0.25, 0.3) is 0 Å². The van der Waals surface area contributed by atoms with Crippen LogP contribution in [0.15, 0.2) is 18.2 Å². The molecule has 1 fully saturated rings. The van der Waals surface area contributed by atoms with Crippen LogP contribution < -0.4 is 10.2 Å². The minimum absolute atomic E-state index is 0.0555. The standard InChI is InChI=1S/C19H28N2O2/c1-4-15-9-8-10-16(5-2)19(15)21(14(3)22)13-18(23)20-17-11-6-7-12-17/h8-10,17H,4-7,11-13H2,1-3H3,(H,20,23). The first-order valence-corrected chi connectivity index (χ1v) is 8.75. The Labute approximate surface area is 139 Å². The molecule has 0 aromatic heterocycles. The minimum Gasteiger partial charge on any atom is -0.352 e. The summed E-state index contributed by atoms with van der Waals surface area (Å²) >= 11 is 0. The number of anilines is 1. The first-order chi connectivity index (χ1) is 11.1. The van der Waals surface area contributed by atoms with Gasteiger partial charge < -0.3 is 10.2 Å². The lowest BCUT2D eigenvalue weighted by Crippen LogP contribution is -2.43. The van der Waals surface area contributed by atoms with Crippen molar-refractivity contribution < 1.29 is 9.59 Å². The number of carbonyl (C=O) groups is 2. The highest BCUT2D eigenvalue weighted by molar-refractivity contribution is 5.98. The molecule has 4 nitrogen and oxygen atoms in total. The van der Waals surface area contributed by atoms with Gasteiger partial charge in [-0.05, 0) is 36.8 Å². The van der Waals surface area contributed by atoms with Crippen LogP contribution in [0.4, 0.5) is 5.69 Å². The lowest BCUT2D eigenvalue weighted by Gasteiger charge is -2.26. The topological polar surface area (TPSA) is 49.4 Å². The molecule has 0 heterocycles. The van der Waals surface area contributed by atoms with E-state index in [1.165, 1.54) is 19.8 Å². The van der Waals surface area contributed by atoms with E-state index in [-0.39, 0.29) is 24.4 Å². The molecule has 1 aromatic rings. The monoisotopic (exact) mass is 316 g/mol. The van der Waals surface area contributed by atoms with Crippen molar-refractivity contribution in [2.75, 3.05) is 11.4 Å². The fraction of sp³-hybridized carbons (Fsp3) is 0.579. The number of nitrogens with one attached hydrogen (secondary N) is 1. The normalized spacial score (nSPS) is 14.7. The van der Waals surface area contributed by atoms with Gasteiger partial charge in [0.2, 0.25) is 11.8 Å². The van der Waals surface area contributed by atoms with Gasteiger partial charge in [0.1, 0.15) is 6.54 Å². The average Bonchev–Trinajstić information content (AvgIpc) is 3.04. The van der Waals surface area contributed by atoms with Crippen molar-refractivity contribution in [3.8, 4) is 0 Å². The zero-order valence-corrected chi connectivity index (χ0v) is 14.5. The molecule has 23 heavy (non-hydrogen) atoms. The fourth-order valence-electron chi connectivity index (χ4n) is 3.40. The second-order valence-electron chi connectivity index (χ2n) is 6.29. The molecule has 0 aliphatic heterocycles. The van der Waals surface area contributed by atoms with Gasteiger partial charge in [-0.15, -0.1) is 0 Å². The molecule has 0 bridgehead atoms. The van der Waals surface area contributed by atoms with Crippen molar-refractivity contribution >= 4 is 17.5 Å². The van der Waals surface area contributed by atoms with Crippen LogP contribution in [-0.4, -0.2) is 24.4 Å². The molecule has 2 rings (SSSR count). The minimum atomic E-state index is -0.0813. The van der Waals surface area contributed by atoms with Crippen LogP contribution in [0.25, 0.3) is 0 Å². The molecular formula is C19H28N2O2. The van der Waals surface area contributed by atoms with Crippen LogP contribution in [0, 0.1) is 0 Å². The van der Waals surface area contributed by atoms with Gasteiger partial charge in [0, 0.05) is 13.0 Å². The second kappa shape index (κ2) is 8.14. The molecule has 1 aromatic carbocycles. The third-order valence-corrected chi connectivity index (χ3v) is 4.64. The predicted octanol–water partition coefficient (Wildman–Crippen LogP) is 3.22. The number of nitrogens with zero attached hydrogens (tertiary/aromatic N) is 1. The maximum atomic E-state index is 12.4. The molecule has 0 unspecified atom stereocenters. The van der Waals surface area contributed by atoms with Crippen LogP contribution in [-0.2, 0) is 22.4 Å². The van der Waals surface area contributed by atoms with E-state index in [9.17, 15) is 9.59 Å².